The highest BCUT2D eigenvalue weighted by molar-refractivity contribution is 7.85. The minimum absolute atomic E-state index is 0.119. The Balaban J connectivity index is 1.92. The van der Waals surface area contributed by atoms with E-state index in [1.807, 2.05) is 0 Å². The van der Waals surface area contributed by atoms with Crippen LogP contribution in [0.3, 0.4) is 0 Å². The van der Waals surface area contributed by atoms with Crippen molar-refractivity contribution in [2.24, 2.45) is 40.4 Å². The summed E-state index contributed by atoms with van der Waals surface area (Å²) in [6.07, 6.45) is 9.31. The molecule has 34 heavy (non-hydrogen) atoms. The zero-order valence-electron chi connectivity index (χ0n) is 23.5. The van der Waals surface area contributed by atoms with Gasteiger partial charge in [0.25, 0.3) is 10.1 Å². The molecular weight excluding hydrogens is 460 g/mol. The minimum atomic E-state index is -3.47. The van der Waals surface area contributed by atoms with Gasteiger partial charge in [0.05, 0.1) is 12.9 Å². The third-order valence-corrected chi connectivity index (χ3v) is 16.0. The van der Waals surface area contributed by atoms with Crippen LogP contribution in [0.25, 0.3) is 0 Å². The fraction of sp³-hybridized carbons (Fsp3) is 0.929. The minimum Gasteiger partial charge on any atom is -0.417 e. The van der Waals surface area contributed by atoms with Crippen molar-refractivity contribution >= 4 is 18.4 Å². The van der Waals surface area contributed by atoms with Gasteiger partial charge < -0.3 is 4.43 Å². The molecule has 3 rings (SSSR count). The van der Waals surface area contributed by atoms with E-state index in [1.54, 1.807) is 0 Å². The lowest BCUT2D eigenvalue weighted by atomic mass is 9.49. The smallest absolute Gasteiger partial charge is 0.264 e. The van der Waals surface area contributed by atoms with Gasteiger partial charge in [-0.15, -0.1) is 0 Å². The van der Waals surface area contributed by atoms with Gasteiger partial charge in [0.2, 0.25) is 0 Å². The fourth-order valence-corrected chi connectivity index (χ4v) is 8.81. The lowest BCUT2D eigenvalue weighted by Gasteiger charge is -2.57. The lowest BCUT2D eigenvalue weighted by Crippen LogP contribution is -2.52. The van der Waals surface area contributed by atoms with Gasteiger partial charge in [-0.2, -0.15) is 8.42 Å². The summed E-state index contributed by atoms with van der Waals surface area (Å²) in [6.45, 7) is 24.5. The highest BCUT2D eigenvalue weighted by atomic mass is 32.2. The molecule has 6 heteroatoms. The molecule has 7 atom stereocenters. The summed E-state index contributed by atoms with van der Waals surface area (Å²) < 4.78 is 36.5. The van der Waals surface area contributed by atoms with Crippen LogP contribution in [0.2, 0.25) is 18.1 Å². The summed E-state index contributed by atoms with van der Waals surface area (Å²) in [5.74, 6) is 2.39. The molecule has 198 valence electrons. The van der Waals surface area contributed by atoms with Crippen LogP contribution in [-0.4, -0.2) is 36.2 Å². The van der Waals surface area contributed by atoms with Gasteiger partial charge in [-0.05, 0) is 97.1 Å². The monoisotopic (exact) mass is 512 g/mol. The second-order valence-electron chi connectivity index (χ2n) is 14.1. The SMILES string of the molecule is C=C1CC[C@H]2[C@H](COS(C)(=O)=O)[C@@H]([C@@]3(C)CC[C@H](C)C[C@@H]3CO[Si](C)(C)C(C)(C)C)CC[C@]12C. The number of hydrogen-bond donors (Lipinski definition) is 0. The zero-order chi connectivity index (χ0) is 25.7. The van der Waals surface area contributed by atoms with Crippen molar-refractivity contribution < 1.29 is 17.0 Å². The first-order valence-electron chi connectivity index (χ1n) is 13.6. The van der Waals surface area contributed by atoms with E-state index in [2.05, 4.69) is 61.2 Å². The molecule has 0 amide bonds. The van der Waals surface area contributed by atoms with Crippen molar-refractivity contribution in [3.63, 3.8) is 0 Å². The van der Waals surface area contributed by atoms with Crippen LogP contribution in [0.1, 0.15) is 86.5 Å². The van der Waals surface area contributed by atoms with E-state index >= 15 is 0 Å². The Morgan fingerprint density at radius 1 is 1.06 bits per heavy atom. The Morgan fingerprint density at radius 3 is 2.29 bits per heavy atom. The third-order valence-electron chi connectivity index (χ3n) is 11.0. The van der Waals surface area contributed by atoms with Crippen molar-refractivity contribution in [3.8, 4) is 0 Å². The molecule has 0 aromatic heterocycles. The first-order valence-corrected chi connectivity index (χ1v) is 18.3. The second kappa shape index (κ2) is 9.61. The van der Waals surface area contributed by atoms with Crippen LogP contribution in [0, 0.1) is 40.4 Å². The summed E-state index contributed by atoms with van der Waals surface area (Å²) in [4.78, 5) is 0. The molecule has 3 aliphatic rings. The molecule has 3 aliphatic carbocycles. The average molecular weight is 513 g/mol. The standard InChI is InChI=1S/C28H52O4SSi/c1-20-13-15-28(7,22(17-20)18-32-34(9,10)26(3,4)5)25-14-16-27(6)21(2)11-12-24(27)23(25)19-31-33(8,29)30/h20,22-25H,2,11-19H2,1,3-10H3/t20-,22+,23-,24-,25-,27+,28-/m0/s1. The van der Waals surface area contributed by atoms with Crippen molar-refractivity contribution in [3.05, 3.63) is 12.2 Å². The maximum Gasteiger partial charge on any atom is 0.264 e. The third kappa shape index (κ3) is 5.55. The molecule has 3 fully saturated rings. The fourth-order valence-electron chi connectivity index (χ4n) is 7.35. The van der Waals surface area contributed by atoms with Crippen LogP contribution in [-0.2, 0) is 18.7 Å². The molecule has 0 saturated heterocycles. The Labute approximate surface area is 211 Å². The zero-order valence-corrected chi connectivity index (χ0v) is 25.3. The first-order chi connectivity index (χ1) is 15.4. The summed E-state index contributed by atoms with van der Waals surface area (Å²) in [5, 5.41) is 0.201. The van der Waals surface area contributed by atoms with Gasteiger partial charge in [-0.3, -0.25) is 4.18 Å². The first kappa shape index (κ1) is 28.4. The molecule has 0 N–H and O–H groups in total. The van der Waals surface area contributed by atoms with E-state index in [1.165, 1.54) is 31.1 Å². The van der Waals surface area contributed by atoms with Crippen molar-refractivity contribution in [1.82, 2.24) is 0 Å². The summed E-state index contributed by atoms with van der Waals surface area (Å²) in [5.41, 5.74) is 1.62. The van der Waals surface area contributed by atoms with Crippen LogP contribution in [0.15, 0.2) is 12.2 Å². The van der Waals surface area contributed by atoms with Gasteiger partial charge in [0, 0.05) is 6.61 Å². The average Bonchev–Trinajstić information content (AvgIpc) is 3.00. The van der Waals surface area contributed by atoms with Gasteiger partial charge in [-0.25, -0.2) is 0 Å². The van der Waals surface area contributed by atoms with Crippen LogP contribution in [0.5, 0.6) is 0 Å². The number of rotatable bonds is 7. The van der Waals surface area contributed by atoms with Crippen LogP contribution in [0.4, 0.5) is 0 Å². The van der Waals surface area contributed by atoms with Gasteiger partial charge >= 0.3 is 0 Å². The molecule has 0 heterocycles. The normalized spacial score (nSPS) is 39.8. The maximum atomic E-state index is 12.0. The predicted molar refractivity (Wildman–Crippen MR) is 145 cm³/mol. The van der Waals surface area contributed by atoms with Crippen molar-refractivity contribution in [1.29, 1.82) is 0 Å². The topological polar surface area (TPSA) is 52.6 Å². The summed E-state index contributed by atoms with van der Waals surface area (Å²) in [6, 6.07) is 0. The van der Waals surface area contributed by atoms with E-state index in [0.717, 1.165) is 32.3 Å². The van der Waals surface area contributed by atoms with E-state index in [4.69, 9.17) is 8.61 Å². The Morgan fingerprint density at radius 2 is 1.71 bits per heavy atom. The van der Waals surface area contributed by atoms with E-state index in [-0.39, 0.29) is 21.8 Å². The lowest BCUT2D eigenvalue weighted by molar-refractivity contribution is -0.0881. The molecule has 4 nitrogen and oxygen atoms in total. The van der Waals surface area contributed by atoms with E-state index in [9.17, 15) is 8.42 Å². The van der Waals surface area contributed by atoms with E-state index in [0.29, 0.717) is 30.3 Å². The maximum absolute atomic E-state index is 12.0. The molecular formula is C28H52O4SSi. The molecule has 0 aromatic rings. The Kier molecular flexibility index (Phi) is 8.03. The number of fused-ring (bicyclic) bond motifs is 1. The Bertz CT molecular complexity index is 860. The molecule has 0 bridgehead atoms. The molecule has 0 aliphatic heterocycles. The summed E-state index contributed by atoms with van der Waals surface area (Å²) in [7, 11) is -5.31. The van der Waals surface area contributed by atoms with Gasteiger partial charge in [0.1, 0.15) is 0 Å². The molecule has 3 saturated carbocycles. The van der Waals surface area contributed by atoms with Crippen LogP contribution < -0.4 is 0 Å². The van der Waals surface area contributed by atoms with Crippen molar-refractivity contribution in [2.75, 3.05) is 19.5 Å². The molecule has 0 radical (unpaired) electrons. The quantitative estimate of drug-likeness (QED) is 0.202. The predicted octanol–water partition coefficient (Wildman–Crippen LogP) is 7.43. The highest BCUT2D eigenvalue weighted by Gasteiger charge is 2.57. The van der Waals surface area contributed by atoms with E-state index < -0.39 is 18.4 Å². The summed E-state index contributed by atoms with van der Waals surface area (Å²) >= 11 is 0. The number of hydrogen-bond acceptors (Lipinski definition) is 4. The largest absolute Gasteiger partial charge is 0.417 e. The molecule has 0 aromatic carbocycles. The molecule has 0 spiro atoms. The van der Waals surface area contributed by atoms with Gasteiger partial charge in [-0.1, -0.05) is 60.1 Å². The van der Waals surface area contributed by atoms with Gasteiger partial charge in [0.15, 0.2) is 8.32 Å². The Hall–Kier alpha value is -0.173. The number of allylic oxidation sites excluding steroid dienone is 1. The second-order valence-corrected chi connectivity index (χ2v) is 20.6. The highest BCUT2D eigenvalue weighted by Crippen LogP contribution is 2.64. The van der Waals surface area contributed by atoms with Crippen molar-refractivity contribution in [2.45, 2.75) is 105 Å². The van der Waals surface area contributed by atoms with Crippen LogP contribution >= 0.6 is 0 Å². The molecule has 0 unspecified atom stereocenters.